The van der Waals surface area contributed by atoms with Crippen molar-refractivity contribution in [3.8, 4) is 0 Å². The van der Waals surface area contributed by atoms with E-state index in [1.54, 1.807) is 0 Å². The standard InChI is InChI=1S/C18H30N2O/c1-14-9-10-20(13-18(14)21-4)12-16-5-7-17(8-6-16)15(2)11-19-3/h5-8,14-15,18-19H,9-13H2,1-4H3. The number of hydrogen-bond donors (Lipinski definition) is 1. The van der Waals surface area contributed by atoms with Gasteiger partial charge in [0.1, 0.15) is 0 Å². The van der Waals surface area contributed by atoms with Crippen LogP contribution < -0.4 is 5.32 Å². The number of nitrogens with zero attached hydrogens (tertiary/aromatic N) is 1. The fourth-order valence-electron chi connectivity index (χ4n) is 3.18. The molecule has 118 valence electrons. The van der Waals surface area contributed by atoms with Gasteiger partial charge in [0.2, 0.25) is 0 Å². The molecule has 1 fully saturated rings. The van der Waals surface area contributed by atoms with E-state index >= 15 is 0 Å². The Balaban J connectivity index is 1.91. The van der Waals surface area contributed by atoms with Crippen LogP contribution in [-0.4, -0.2) is 44.8 Å². The largest absolute Gasteiger partial charge is 0.380 e. The average Bonchev–Trinajstić information content (AvgIpc) is 2.50. The molecular weight excluding hydrogens is 260 g/mol. The predicted octanol–water partition coefficient (Wildman–Crippen LogP) is 2.87. The average molecular weight is 290 g/mol. The van der Waals surface area contributed by atoms with Gasteiger partial charge in [-0.05, 0) is 43.0 Å². The lowest BCUT2D eigenvalue weighted by atomic mass is 9.95. The molecule has 0 saturated carbocycles. The molecule has 1 N–H and O–H groups in total. The van der Waals surface area contributed by atoms with Crippen LogP contribution in [0.2, 0.25) is 0 Å². The molecule has 1 aliphatic rings. The van der Waals surface area contributed by atoms with E-state index < -0.39 is 0 Å². The van der Waals surface area contributed by atoms with E-state index in [9.17, 15) is 0 Å². The summed E-state index contributed by atoms with van der Waals surface area (Å²) in [6.07, 6.45) is 1.61. The van der Waals surface area contributed by atoms with Crippen molar-refractivity contribution in [2.24, 2.45) is 5.92 Å². The van der Waals surface area contributed by atoms with E-state index in [2.05, 4.69) is 48.3 Å². The molecule has 1 heterocycles. The van der Waals surface area contributed by atoms with E-state index in [1.165, 1.54) is 24.1 Å². The molecule has 21 heavy (non-hydrogen) atoms. The van der Waals surface area contributed by atoms with Crippen LogP contribution in [0.4, 0.5) is 0 Å². The minimum atomic E-state index is 0.383. The highest BCUT2D eigenvalue weighted by Gasteiger charge is 2.25. The van der Waals surface area contributed by atoms with Crippen LogP contribution in [0.1, 0.15) is 37.3 Å². The first kappa shape index (κ1) is 16.5. The molecule has 1 aromatic rings. The van der Waals surface area contributed by atoms with Crippen LogP contribution in [0.3, 0.4) is 0 Å². The van der Waals surface area contributed by atoms with Gasteiger partial charge in [-0.3, -0.25) is 4.90 Å². The quantitative estimate of drug-likeness (QED) is 0.872. The number of likely N-dealkylation sites (N-methyl/N-ethyl adjacent to an activating group) is 1. The highest BCUT2D eigenvalue weighted by molar-refractivity contribution is 5.25. The Bertz CT molecular complexity index is 418. The van der Waals surface area contributed by atoms with Gasteiger partial charge in [-0.2, -0.15) is 0 Å². The molecule has 0 aromatic heterocycles. The molecular formula is C18H30N2O. The normalized spacial score (nSPS) is 25.0. The smallest absolute Gasteiger partial charge is 0.0724 e. The molecule has 2 rings (SSSR count). The van der Waals surface area contributed by atoms with Crippen LogP contribution in [0, 0.1) is 5.92 Å². The van der Waals surface area contributed by atoms with Gasteiger partial charge in [-0.15, -0.1) is 0 Å². The van der Waals surface area contributed by atoms with Crippen LogP contribution in [0.5, 0.6) is 0 Å². The van der Waals surface area contributed by atoms with Crippen molar-refractivity contribution in [2.75, 3.05) is 33.8 Å². The lowest BCUT2D eigenvalue weighted by Gasteiger charge is -2.36. The molecule has 0 bridgehead atoms. The fourth-order valence-corrected chi connectivity index (χ4v) is 3.18. The summed E-state index contributed by atoms with van der Waals surface area (Å²) in [5.74, 6) is 1.24. The topological polar surface area (TPSA) is 24.5 Å². The van der Waals surface area contributed by atoms with Crippen molar-refractivity contribution >= 4 is 0 Å². The predicted molar refractivity (Wildman–Crippen MR) is 88.6 cm³/mol. The number of piperidine rings is 1. The highest BCUT2D eigenvalue weighted by Crippen LogP contribution is 2.22. The summed E-state index contributed by atoms with van der Waals surface area (Å²) >= 11 is 0. The van der Waals surface area contributed by atoms with Crippen molar-refractivity contribution in [3.63, 3.8) is 0 Å². The van der Waals surface area contributed by atoms with Gasteiger partial charge in [-0.1, -0.05) is 38.1 Å². The third-order valence-electron chi connectivity index (χ3n) is 4.74. The summed E-state index contributed by atoms with van der Waals surface area (Å²) in [4.78, 5) is 2.51. The number of rotatable bonds is 6. The van der Waals surface area contributed by atoms with E-state index in [0.29, 0.717) is 17.9 Å². The van der Waals surface area contributed by atoms with Crippen LogP contribution in [0.25, 0.3) is 0 Å². The van der Waals surface area contributed by atoms with Crippen molar-refractivity contribution in [3.05, 3.63) is 35.4 Å². The Morgan fingerprint density at radius 3 is 2.67 bits per heavy atom. The summed E-state index contributed by atoms with van der Waals surface area (Å²) < 4.78 is 5.60. The number of hydrogen-bond acceptors (Lipinski definition) is 3. The molecule has 1 aliphatic heterocycles. The number of benzene rings is 1. The van der Waals surface area contributed by atoms with Gasteiger partial charge in [0.15, 0.2) is 0 Å². The number of likely N-dealkylation sites (tertiary alicyclic amines) is 1. The maximum Gasteiger partial charge on any atom is 0.0724 e. The number of ether oxygens (including phenoxy) is 1. The van der Waals surface area contributed by atoms with Crippen LogP contribution >= 0.6 is 0 Å². The molecule has 3 heteroatoms. The molecule has 0 amide bonds. The van der Waals surface area contributed by atoms with E-state index in [4.69, 9.17) is 4.74 Å². The first-order valence-electron chi connectivity index (χ1n) is 8.12. The molecule has 3 nitrogen and oxygen atoms in total. The molecule has 0 aliphatic carbocycles. The van der Waals surface area contributed by atoms with Gasteiger partial charge in [0.25, 0.3) is 0 Å². The van der Waals surface area contributed by atoms with Crippen LogP contribution in [0.15, 0.2) is 24.3 Å². The van der Waals surface area contributed by atoms with E-state index in [-0.39, 0.29) is 0 Å². The maximum absolute atomic E-state index is 5.60. The van der Waals surface area contributed by atoms with E-state index in [1.807, 2.05) is 14.2 Å². The van der Waals surface area contributed by atoms with Crippen molar-refractivity contribution in [1.29, 1.82) is 0 Å². The Labute approximate surface area is 129 Å². The molecule has 3 atom stereocenters. The van der Waals surface area contributed by atoms with Gasteiger partial charge < -0.3 is 10.1 Å². The monoisotopic (exact) mass is 290 g/mol. The molecule has 1 saturated heterocycles. The summed E-state index contributed by atoms with van der Waals surface area (Å²) in [5.41, 5.74) is 2.81. The maximum atomic E-state index is 5.60. The Kier molecular flexibility index (Phi) is 6.22. The second kappa shape index (κ2) is 7.92. The summed E-state index contributed by atoms with van der Waals surface area (Å²) in [6, 6.07) is 9.11. The third kappa shape index (κ3) is 4.53. The van der Waals surface area contributed by atoms with Gasteiger partial charge in [0.05, 0.1) is 6.10 Å². The minimum absolute atomic E-state index is 0.383. The number of methoxy groups -OCH3 is 1. The summed E-state index contributed by atoms with van der Waals surface area (Å²) in [6.45, 7) is 8.85. The molecule has 1 aromatic carbocycles. The van der Waals surface area contributed by atoms with E-state index in [0.717, 1.165) is 19.6 Å². The third-order valence-corrected chi connectivity index (χ3v) is 4.74. The first-order chi connectivity index (χ1) is 10.1. The van der Waals surface area contributed by atoms with Gasteiger partial charge >= 0.3 is 0 Å². The zero-order valence-electron chi connectivity index (χ0n) is 13.9. The fraction of sp³-hybridized carbons (Fsp3) is 0.667. The Hall–Kier alpha value is -0.900. The summed E-state index contributed by atoms with van der Waals surface area (Å²) in [7, 11) is 3.84. The molecule has 3 unspecified atom stereocenters. The molecule has 0 radical (unpaired) electrons. The van der Waals surface area contributed by atoms with Gasteiger partial charge in [0, 0.05) is 26.7 Å². The Morgan fingerprint density at radius 2 is 2.05 bits per heavy atom. The van der Waals surface area contributed by atoms with Crippen LogP contribution in [-0.2, 0) is 11.3 Å². The van der Waals surface area contributed by atoms with Crippen molar-refractivity contribution in [2.45, 2.75) is 38.8 Å². The van der Waals surface area contributed by atoms with Gasteiger partial charge in [-0.25, -0.2) is 0 Å². The first-order valence-corrected chi connectivity index (χ1v) is 8.12. The zero-order chi connectivity index (χ0) is 15.2. The SMILES string of the molecule is CNCC(C)c1ccc(CN2CCC(C)C(OC)C2)cc1. The molecule has 0 spiro atoms. The second-order valence-corrected chi connectivity index (χ2v) is 6.48. The lowest BCUT2D eigenvalue weighted by molar-refractivity contribution is -0.00744. The summed E-state index contributed by atoms with van der Waals surface area (Å²) in [5, 5.41) is 3.24. The minimum Gasteiger partial charge on any atom is -0.380 e. The highest BCUT2D eigenvalue weighted by atomic mass is 16.5. The lowest BCUT2D eigenvalue weighted by Crippen LogP contribution is -2.43. The second-order valence-electron chi connectivity index (χ2n) is 6.48. The Morgan fingerprint density at radius 1 is 1.33 bits per heavy atom. The zero-order valence-corrected chi connectivity index (χ0v) is 13.9. The van der Waals surface area contributed by atoms with Crippen molar-refractivity contribution < 1.29 is 4.74 Å². The van der Waals surface area contributed by atoms with Crippen molar-refractivity contribution in [1.82, 2.24) is 10.2 Å². The number of nitrogens with one attached hydrogen (secondary N) is 1.